The lowest BCUT2D eigenvalue weighted by Crippen LogP contribution is -2.39. The molecule has 76 valence electrons. The maximum Gasteiger partial charge on any atom is 0.164 e. The molecule has 1 fully saturated rings. The fourth-order valence-corrected chi connectivity index (χ4v) is 1.60. The summed E-state index contributed by atoms with van der Waals surface area (Å²) in [5.74, 6) is 0. The van der Waals surface area contributed by atoms with Crippen molar-refractivity contribution in [3.05, 3.63) is 35.9 Å². The molecule has 1 aliphatic rings. The number of benzene rings is 1. The standard InChI is InChI=1S/C11H16N2O/c1-9(10-5-3-2-4-6-10)13-11-12-7-8-14-11/h2-6,9,11-13H,7-8H2,1H3/t9-,11?/m0/s1. The Hall–Kier alpha value is -0.900. The van der Waals surface area contributed by atoms with Gasteiger partial charge in [-0.15, -0.1) is 0 Å². The molecular weight excluding hydrogens is 176 g/mol. The van der Waals surface area contributed by atoms with E-state index in [9.17, 15) is 0 Å². The minimum absolute atomic E-state index is 0.00482. The second-order valence-electron chi connectivity index (χ2n) is 3.50. The van der Waals surface area contributed by atoms with Crippen LogP contribution >= 0.6 is 0 Å². The van der Waals surface area contributed by atoms with Gasteiger partial charge in [0.05, 0.1) is 6.61 Å². The van der Waals surface area contributed by atoms with Gasteiger partial charge in [0.1, 0.15) is 0 Å². The van der Waals surface area contributed by atoms with Crippen LogP contribution in [0, 0.1) is 0 Å². The molecule has 0 radical (unpaired) electrons. The van der Waals surface area contributed by atoms with Gasteiger partial charge < -0.3 is 4.74 Å². The monoisotopic (exact) mass is 192 g/mol. The van der Waals surface area contributed by atoms with Crippen molar-refractivity contribution in [1.82, 2.24) is 10.6 Å². The highest BCUT2D eigenvalue weighted by Crippen LogP contribution is 2.12. The highest BCUT2D eigenvalue weighted by molar-refractivity contribution is 5.18. The number of hydrogen-bond acceptors (Lipinski definition) is 3. The van der Waals surface area contributed by atoms with E-state index in [1.165, 1.54) is 5.56 Å². The van der Waals surface area contributed by atoms with E-state index < -0.39 is 0 Å². The Morgan fingerprint density at radius 3 is 2.86 bits per heavy atom. The van der Waals surface area contributed by atoms with Gasteiger partial charge in [-0.25, -0.2) is 0 Å². The third-order valence-corrected chi connectivity index (χ3v) is 2.42. The summed E-state index contributed by atoms with van der Waals surface area (Å²) in [5.41, 5.74) is 1.28. The Balaban J connectivity index is 1.92. The molecule has 0 aromatic heterocycles. The molecule has 14 heavy (non-hydrogen) atoms. The molecule has 3 nitrogen and oxygen atoms in total. The number of hydrogen-bond donors (Lipinski definition) is 2. The van der Waals surface area contributed by atoms with Crippen molar-refractivity contribution in [2.45, 2.75) is 19.3 Å². The van der Waals surface area contributed by atoms with Crippen molar-refractivity contribution in [2.24, 2.45) is 0 Å². The molecule has 2 rings (SSSR count). The summed E-state index contributed by atoms with van der Waals surface area (Å²) in [6.45, 7) is 3.86. The lowest BCUT2D eigenvalue weighted by atomic mass is 10.1. The summed E-state index contributed by atoms with van der Waals surface area (Å²) >= 11 is 0. The van der Waals surface area contributed by atoms with Gasteiger partial charge in [-0.3, -0.25) is 10.6 Å². The Labute approximate surface area is 84.5 Å². The van der Waals surface area contributed by atoms with E-state index >= 15 is 0 Å². The van der Waals surface area contributed by atoms with E-state index in [2.05, 4.69) is 41.8 Å². The zero-order valence-electron chi connectivity index (χ0n) is 8.36. The summed E-state index contributed by atoms with van der Waals surface area (Å²) in [6.07, 6.45) is 0.00482. The molecular formula is C11H16N2O. The number of nitrogens with one attached hydrogen (secondary N) is 2. The summed E-state index contributed by atoms with van der Waals surface area (Å²) in [5, 5.41) is 6.59. The average Bonchev–Trinajstić information content (AvgIpc) is 2.72. The lowest BCUT2D eigenvalue weighted by Gasteiger charge is -2.19. The van der Waals surface area contributed by atoms with Crippen LogP contribution in [0.2, 0.25) is 0 Å². The molecule has 0 amide bonds. The van der Waals surface area contributed by atoms with Gasteiger partial charge in [-0.05, 0) is 12.5 Å². The molecule has 1 unspecified atom stereocenters. The minimum atomic E-state index is 0.00482. The smallest absolute Gasteiger partial charge is 0.164 e. The van der Waals surface area contributed by atoms with E-state index in [0.29, 0.717) is 6.04 Å². The maximum atomic E-state index is 5.42. The molecule has 2 atom stereocenters. The van der Waals surface area contributed by atoms with Gasteiger partial charge in [0, 0.05) is 12.6 Å². The van der Waals surface area contributed by atoms with Crippen LogP contribution in [-0.4, -0.2) is 19.5 Å². The fourth-order valence-electron chi connectivity index (χ4n) is 1.60. The van der Waals surface area contributed by atoms with Crippen LogP contribution in [0.4, 0.5) is 0 Å². The normalized spacial score (nSPS) is 23.6. The molecule has 0 spiro atoms. The number of rotatable bonds is 3. The molecule has 0 saturated carbocycles. The van der Waals surface area contributed by atoms with E-state index in [-0.39, 0.29) is 6.35 Å². The molecule has 1 heterocycles. The van der Waals surface area contributed by atoms with Crippen LogP contribution in [-0.2, 0) is 4.74 Å². The average molecular weight is 192 g/mol. The molecule has 1 saturated heterocycles. The Kier molecular flexibility index (Phi) is 3.14. The largest absolute Gasteiger partial charge is 0.349 e. The quantitative estimate of drug-likeness (QED) is 0.756. The van der Waals surface area contributed by atoms with E-state index in [0.717, 1.165) is 13.2 Å². The molecule has 1 aliphatic heterocycles. The Morgan fingerprint density at radius 2 is 2.21 bits per heavy atom. The first-order valence-corrected chi connectivity index (χ1v) is 5.02. The molecule has 0 bridgehead atoms. The second-order valence-corrected chi connectivity index (χ2v) is 3.50. The van der Waals surface area contributed by atoms with E-state index in [4.69, 9.17) is 4.74 Å². The first-order chi connectivity index (χ1) is 6.86. The summed E-state index contributed by atoms with van der Waals surface area (Å²) in [6, 6.07) is 10.7. The molecule has 1 aromatic rings. The fraction of sp³-hybridized carbons (Fsp3) is 0.455. The van der Waals surface area contributed by atoms with Gasteiger partial charge >= 0.3 is 0 Å². The van der Waals surface area contributed by atoms with Crippen molar-refractivity contribution in [1.29, 1.82) is 0 Å². The van der Waals surface area contributed by atoms with E-state index in [1.807, 2.05) is 6.07 Å². The van der Waals surface area contributed by atoms with Gasteiger partial charge in [0.2, 0.25) is 0 Å². The summed E-state index contributed by atoms with van der Waals surface area (Å²) in [4.78, 5) is 0. The zero-order chi connectivity index (χ0) is 9.80. The van der Waals surface area contributed by atoms with E-state index in [1.54, 1.807) is 0 Å². The Morgan fingerprint density at radius 1 is 1.43 bits per heavy atom. The van der Waals surface area contributed by atoms with Crippen LogP contribution < -0.4 is 10.6 Å². The van der Waals surface area contributed by atoms with Crippen LogP contribution in [0.3, 0.4) is 0 Å². The molecule has 0 aliphatic carbocycles. The van der Waals surface area contributed by atoms with Crippen molar-refractivity contribution < 1.29 is 4.74 Å². The zero-order valence-corrected chi connectivity index (χ0v) is 8.36. The molecule has 3 heteroatoms. The SMILES string of the molecule is C[C@H](NC1NCCO1)c1ccccc1. The summed E-state index contributed by atoms with van der Waals surface area (Å²) in [7, 11) is 0. The first kappa shape index (κ1) is 9.65. The van der Waals surface area contributed by atoms with Gasteiger partial charge in [0.25, 0.3) is 0 Å². The second kappa shape index (κ2) is 4.55. The number of ether oxygens (including phenoxy) is 1. The third-order valence-electron chi connectivity index (χ3n) is 2.42. The Bertz CT molecular complexity index is 270. The minimum Gasteiger partial charge on any atom is -0.349 e. The van der Waals surface area contributed by atoms with Crippen LogP contribution in [0.25, 0.3) is 0 Å². The van der Waals surface area contributed by atoms with Gasteiger partial charge in [-0.1, -0.05) is 30.3 Å². The predicted molar refractivity (Wildman–Crippen MR) is 55.7 cm³/mol. The van der Waals surface area contributed by atoms with Crippen molar-refractivity contribution >= 4 is 0 Å². The van der Waals surface area contributed by atoms with Crippen LogP contribution in [0.1, 0.15) is 18.5 Å². The lowest BCUT2D eigenvalue weighted by molar-refractivity contribution is 0.0648. The third kappa shape index (κ3) is 2.32. The van der Waals surface area contributed by atoms with Crippen LogP contribution in [0.15, 0.2) is 30.3 Å². The van der Waals surface area contributed by atoms with Crippen LogP contribution in [0.5, 0.6) is 0 Å². The summed E-state index contributed by atoms with van der Waals surface area (Å²) < 4.78 is 5.42. The molecule has 1 aromatic carbocycles. The van der Waals surface area contributed by atoms with Gasteiger partial charge in [-0.2, -0.15) is 0 Å². The van der Waals surface area contributed by atoms with Crippen molar-refractivity contribution in [3.63, 3.8) is 0 Å². The highest BCUT2D eigenvalue weighted by atomic mass is 16.5. The van der Waals surface area contributed by atoms with Crippen molar-refractivity contribution in [3.8, 4) is 0 Å². The highest BCUT2D eigenvalue weighted by Gasteiger charge is 2.16. The van der Waals surface area contributed by atoms with Gasteiger partial charge in [0.15, 0.2) is 6.35 Å². The molecule has 2 N–H and O–H groups in total. The topological polar surface area (TPSA) is 33.3 Å². The maximum absolute atomic E-state index is 5.42. The van der Waals surface area contributed by atoms with Crippen molar-refractivity contribution in [2.75, 3.05) is 13.2 Å². The predicted octanol–water partition coefficient (Wildman–Crippen LogP) is 1.24. The first-order valence-electron chi connectivity index (χ1n) is 5.02.